The maximum Gasteiger partial charge on any atom is 0.321 e. The number of urea groups is 1. The van der Waals surface area contributed by atoms with E-state index in [1.165, 1.54) is 4.90 Å². The fourth-order valence-electron chi connectivity index (χ4n) is 3.63. The summed E-state index contributed by atoms with van der Waals surface area (Å²) in [6.07, 6.45) is 4.76. The SMILES string of the molecule is CCn1c(C2CCN(C(=O)Nc3ccc(SC)cc3)C2)nc2cccnc21. The van der Waals surface area contributed by atoms with Gasteiger partial charge in [0.05, 0.1) is 0 Å². The lowest BCUT2D eigenvalue weighted by molar-refractivity contribution is 0.222. The normalized spacial score (nSPS) is 16.8. The summed E-state index contributed by atoms with van der Waals surface area (Å²) >= 11 is 1.69. The lowest BCUT2D eigenvalue weighted by atomic mass is 10.1. The summed E-state index contributed by atoms with van der Waals surface area (Å²) in [5.41, 5.74) is 2.67. The largest absolute Gasteiger partial charge is 0.324 e. The van der Waals surface area contributed by atoms with Crippen LogP contribution in [0.1, 0.15) is 25.1 Å². The Hall–Kier alpha value is -2.54. The molecule has 2 aromatic heterocycles. The van der Waals surface area contributed by atoms with Gasteiger partial charge < -0.3 is 14.8 Å². The number of aryl methyl sites for hydroxylation is 1. The molecule has 0 bridgehead atoms. The lowest BCUT2D eigenvalue weighted by Gasteiger charge is -2.18. The Morgan fingerprint density at radius 1 is 1.30 bits per heavy atom. The number of nitrogens with one attached hydrogen (secondary N) is 1. The Morgan fingerprint density at radius 2 is 2.11 bits per heavy atom. The molecule has 0 aliphatic carbocycles. The number of hydrogen-bond acceptors (Lipinski definition) is 4. The molecule has 3 heterocycles. The van der Waals surface area contributed by atoms with Crippen molar-refractivity contribution in [3.8, 4) is 0 Å². The van der Waals surface area contributed by atoms with Crippen LogP contribution in [-0.4, -0.2) is 44.8 Å². The van der Waals surface area contributed by atoms with Crippen LogP contribution in [0.25, 0.3) is 11.2 Å². The highest BCUT2D eigenvalue weighted by molar-refractivity contribution is 7.98. The molecule has 6 nitrogen and oxygen atoms in total. The first-order valence-electron chi connectivity index (χ1n) is 9.20. The molecule has 0 saturated carbocycles. The predicted molar refractivity (Wildman–Crippen MR) is 109 cm³/mol. The van der Waals surface area contributed by atoms with E-state index in [9.17, 15) is 4.79 Å². The molecular weight excluding hydrogens is 358 g/mol. The maximum atomic E-state index is 12.6. The molecule has 0 radical (unpaired) electrons. The first-order valence-corrected chi connectivity index (χ1v) is 10.4. The van der Waals surface area contributed by atoms with Crippen LogP contribution in [0.15, 0.2) is 47.5 Å². The van der Waals surface area contributed by atoms with Crippen LogP contribution in [0.4, 0.5) is 10.5 Å². The van der Waals surface area contributed by atoms with Gasteiger partial charge in [-0.15, -0.1) is 11.8 Å². The first-order chi connectivity index (χ1) is 13.2. The van der Waals surface area contributed by atoms with Crippen molar-refractivity contribution in [3.05, 3.63) is 48.4 Å². The van der Waals surface area contributed by atoms with Gasteiger partial charge in [-0.05, 0) is 56.0 Å². The minimum Gasteiger partial charge on any atom is -0.324 e. The molecule has 0 spiro atoms. The van der Waals surface area contributed by atoms with E-state index < -0.39 is 0 Å². The van der Waals surface area contributed by atoms with E-state index in [2.05, 4.69) is 21.8 Å². The molecule has 4 rings (SSSR count). The molecule has 1 fully saturated rings. The number of imidazole rings is 1. The molecule has 1 atom stereocenters. The molecular formula is C20H23N5OS. The van der Waals surface area contributed by atoms with Gasteiger partial charge in [-0.25, -0.2) is 14.8 Å². The van der Waals surface area contributed by atoms with E-state index in [-0.39, 0.29) is 11.9 Å². The number of hydrogen-bond donors (Lipinski definition) is 1. The van der Waals surface area contributed by atoms with Gasteiger partial charge in [-0.3, -0.25) is 0 Å². The minimum atomic E-state index is -0.0494. The van der Waals surface area contributed by atoms with Crippen molar-refractivity contribution >= 4 is 34.6 Å². The summed E-state index contributed by atoms with van der Waals surface area (Å²) in [6, 6.07) is 11.8. The monoisotopic (exact) mass is 381 g/mol. The minimum absolute atomic E-state index is 0.0494. The van der Waals surface area contributed by atoms with E-state index >= 15 is 0 Å². The van der Waals surface area contributed by atoms with Crippen molar-refractivity contribution in [1.82, 2.24) is 19.4 Å². The summed E-state index contributed by atoms with van der Waals surface area (Å²) in [7, 11) is 0. The van der Waals surface area contributed by atoms with E-state index in [1.807, 2.05) is 47.6 Å². The number of rotatable bonds is 4. The van der Waals surface area contributed by atoms with Gasteiger partial charge in [0.2, 0.25) is 0 Å². The zero-order valence-electron chi connectivity index (χ0n) is 15.6. The van der Waals surface area contributed by atoms with Gasteiger partial charge >= 0.3 is 6.03 Å². The summed E-state index contributed by atoms with van der Waals surface area (Å²) in [4.78, 5) is 25.0. The third-order valence-corrected chi connectivity index (χ3v) is 5.77. The van der Waals surface area contributed by atoms with Gasteiger partial charge in [0.25, 0.3) is 0 Å². The van der Waals surface area contributed by atoms with Crippen molar-refractivity contribution in [2.75, 3.05) is 24.7 Å². The third kappa shape index (κ3) is 3.51. The van der Waals surface area contributed by atoms with Crippen LogP contribution < -0.4 is 5.32 Å². The van der Waals surface area contributed by atoms with Crippen molar-refractivity contribution < 1.29 is 4.79 Å². The second-order valence-corrected chi connectivity index (χ2v) is 7.53. The number of likely N-dealkylation sites (tertiary alicyclic amines) is 1. The van der Waals surface area contributed by atoms with Crippen molar-refractivity contribution in [2.45, 2.75) is 30.7 Å². The Kier molecular flexibility index (Phi) is 5.03. The summed E-state index contributed by atoms with van der Waals surface area (Å²) in [5.74, 6) is 1.27. The standard InChI is InChI=1S/C20H23N5OS/c1-3-25-18(23-17-5-4-11-21-19(17)25)14-10-12-24(13-14)20(26)22-15-6-8-16(27-2)9-7-15/h4-9,11,14H,3,10,12-13H2,1-2H3,(H,22,26). The molecule has 1 unspecified atom stereocenters. The number of pyridine rings is 1. The number of anilines is 1. The number of aromatic nitrogens is 3. The molecule has 140 valence electrons. The van der Waals surface area contributed by atoms with Crippen LogP contribution in [0, 0.1) is 0 Å². The molecule has 1 aliphatic heterocycles. The average Bonchev–Trinajstić information content (AvgIpc) is 3.33. The average molecular weight is 382 g/mol. The maximum absolute atomic E-state index is 12.6. The fraction of sp³-hybridized carbons (Fsp3) is 0.350. The third-order valence-electron chi connectivity index (χ3n) is 5.03. The number of carbonyl (C=O) groups excluding carboxylic acids is 1. The summed E-state index contributed by atoms with van der Waals surface area (Å²) in [5, 5.41) is 3.00. The molecule has 2 amide bonds. The number of benzene rings is 1. The Morgan fingerprint density at radius 3 is 2.85 bits per heavy atom. The van der Waals surface area contributed by atoms with E-state index in [1.54, 1.807) is 18.0 Å². The topological polar surface area (TPSA) is 63.1 Å². The molecule has 1 aromatic carbocycles. The van der Waals surface area contributed by atoms with Gasteiger partial charge in [-0.2, -0.15) is 0 Å². The smallest absolute Gasteiger partial charge is 0.321 e. The zero-order chi connectivity index (χ0) is 18.8. The fourth-order valence-corrected chi connectivity index (χ4v) is 4.04. The molecule has 27 heavy (non-hydrogen) atoms. The quantitative estimate of drug-likeness (QED) is 0.688. The van der Waals surface area contributed by atoms with Crippen molar-refractivity contribution in [2.24, 2.45) is 0 Å². The van der Waals surface area contributed by atoms with Gasteiger partial charge in [0, 0.05) is 42.3 Å². The second kappa shape index (κ2) is 7.60. The summed E-state index contributed by atoms with van der Waals surface area (Å²) in [6.45, 7) is 4.35. The van der Waals surface area contributed by atoms with Crippen LogP contribution in [0.3, 0.4) is 0 Å². The Labute approximate surface area is 163 Å². The highest BCUT2D eigenvalue weighted by Gasteiger charge is 2.31. The molecule has 1 N–H and O–H groups in total. The van der Waals surface area contributed by atoms with Gasteiger partial charge in [-0.1, -0.05) is 0 Å². The Balaban J connectivity index is 1.47. The van der Waals surface area contributed by atoms with Crippen LogP contribution in [0.2, 0.25) is 0 Å². The van der Waals surface area contributed by atoms with Gasteiger partial charge in [0.15, 0.2) is 5.65 Å². The van der Waals surface area contributed by atoms with E-state index in [4.69, 9.17) is 4.98 Å². The van der Waals surface area contributed by atoms with Crippen LogP contribution >= 0.6 is 11.8 Å². The highest BCUT2D eigenvalue weighted by Crippen LogP contribution is 2.29. The summed E-state index contributed by atoms with van der Waals surface area (Å²) < 4.78 is 2.17. The number of carbonyl (C=O) groups is 1. The molecule has 1 aliphatic rings. The highest BCUT2D eigenvalue weighted by atomic mass is 32.2. The molecule has 1 saturated heterocycles. The van der Waals surface area contributed by atoms with Crippen LogP contribution in [0.5, 0.6) is 0 Å². The lowest BCUT2D eigenvalue weighted by Crippen LogP contribution is -2.33. The van der Waals surface area contributed by atoms with E-state index in [0.29, 0.717) is 6.54 Å². The number of thioether (sulfide) groups is 1. The Bertz CT molecular complexity index is 953. The number of fused-ring (bicyclic) bond motifs is 1. The predicted octanol–water partition coefficient (Wildman–Crippen LogP) is 4.19. The second-order valence-electron chi connectivity index (χ2n) is 6.65. The zero-order valence-corrected chi connectivity index (χ0v) is 16.4. The molecule has 3 aromatic rings. The first kappa shape index (κ1) is 17.9. The number of amides is 2. The number of nitrogens with zero attached hydrogens (tertiary/aromatic N) is 4. The molecule has 7 heteroatoms. The van der Waals surface area contributed by atoms with Crippen LogP contribution in [-0.2, 0) is 6.54 Å². The van der Waals surface area contributed by atoms with Gasteiger partial charge in [0.1, 0.15) is 11.3 Å². The van der Waals surface area contributed by atoms with E-state index in [0.717, 1.165) is 42.2 Å². The van der Waals surface area contributed by atoms with Crippen molar-refractivity contribution in [3.63, 3.8) is 0 Å². The van der Waals surface area contributed by atoms with Crippen molar-refractivity contribution in [1.29, 1.82) is 0 Å².